The van der Waals surface area contributed by atoms with E-state index < -0.39 is 39.2 Å². The van der Waals surface area contributed by atoms with Crippen molar-refractivity contribution in [3.8, 4) is 0 Å². The molecule has 1 aliphatic rings. The minimum absolute atomic E-state index is 0.176. The molecule has 0 saturated heterocycles. The summed E-state index contributed by atoms with van der Waals surface area (Å²) in [7, 11) is 0. The zero-order valence-electron chi connectivity index (χ0n) is 13.2. The normalized spacial score (nSPS) is 20.0. The molecule has 1 fully saturated rings. The number of rotatable bonds is 5. The summed E-state index contributed by atoms with van der Waals surface area (Å²) in [5, 5.41) is 28.2. The third-order valence-electron chi connectivity index (χ3n) is 4.08. The van der Waals surface area contributed by atoms with Gasteiger partial charge in [-0.1, -0.05) is 24.4 Å². The number of nitro groups is 2. The first-order chi connectivity index (χ1) is 11.9. The molecule has 2 atom stereocenters. The van der Waals surface area contributed by atoms with Crippen LogP contribution >= 0.6 is 0 Å². The van der Waals surface area contributed by atoms with Gasteiger partial charge < -0.3 is 5.32 Å². The molecule has 0 unspecified atom stereocenters. The van der Waals surface area contributed by atoms with Crippen LogP contribution in [0.25, 0.3) is 10.4 Å². The van der Waals surface area contributed by atoms with Gasteiger partial charge in [0.1, 0.15) is 0 Å². The van der Waals surface area contributed by atoms with Crippen molar-refractivity contribution in [1.82, 2.24) is 5.32 Å². The maximum atomic E-state index is 12.4. The van der Waals surface area contributed by atoms with E-state index in [4.69, 9.17) is 5.53 Å². The minimum atomic E-state index is -0.793. The van der Waals surface area contributed by atoms with E-state index in [0.29, 0.717) is 12.8 Å². The largest absolute Gasteiger partial charge is 0.349 e. The number of carbonyl (C=O) groups excluding carboxylic acids is 1. The third-order valence-corrected chi connectivity index (χ3v) is 4.08. The molecule has 1 amide bonds. The van der Waals surface area contributed by atoms with Crippen LogP contribution in [-0.4, -0.2) is 27.8 Å². The lowest BCUT2D eigenvalue weighted by atomic mass is 10.0. The second-order valence-corrected chi connectivity index (χ2v) is 5.74. The van der Waals surface area contributed by atoms with Crippen molar-refractivity contribution in [2.75, 3.05) is 0 Å². The highest BCUT2D eigenvalue weighted by Gasteiger charge is 2.26. The molecule has 25 heavy (non-hydrogen) atoms. The van der Waals surface area contributed by atoms with Gasteiger partial charge >= 0.3 is 0 Å². The molecule has 0 aromatic heterocycles. The van der Waals surface area contributed by atoms with E-state index in [2.05, 4.69) is 15.3 Å². The highest BCUT2D eigenvalue weighted by atomic mass is 16.6. The van der Waals surface area contributed by atoms with Crippen molar-refractivity contribution in [2.45, 2.75) is 44.2 Å². The molecule has 1 N–H and O–H groups in total. The Balaban J connectivity index is 2.28. The first kappa shape index (κ1) is 18.1. The highest BCUT2D eigenvalue weighted by Crippen LogP contribution is 2.24. The van der Waals surface area contributed by atoms with E-state index in [1.807, 2.05) is 0 Å². The molecule has 1 aliphatic carbocycles. The van der Waals surface area contributed by atoms with Gasteiger partial charge in [-0.2, -0.15) is 0 Å². The fourth-order valence-electron chi connectivity index (χ4n) is 2.85. The first-order valence-electron chi connectivity index (χ1n) is 7.71. The van der Waals surface area contributed by atoms with Crippen LogP contribution in [0.2, 0.25) is 0 Å². The van der Waals surface area contributed by atoms with Crippen molar-refractivity contribution in [3.63, 3.8) is 0 Å². The molecule has 0 aliphatic heterocycles. The topological polar surface area (TPSA) is 164 Å². The molecule has 11 heteroatoms. The number of hydrogen-bond acceptors (Lipinski definition) is 6. The monoisotopic (exact) mass is 348 g/mol. The lowest BCUT2D eigenvalue weighted by Gasteiger charge is -2.22. The zero-order valence-corrected chi connectivity index (χ0v) is 13.2. The Bertz CT molecular complexity index is 713. The second kappa shape index (κ2) is 8.06. The van der Waals surface area contributed by atoms with Crippen LogP contribution in [0, 0.1) is 20.2 Å². The lowest BCUT2D eigenvalue weighted by molar-refractivity contribution is -0.394. The van der Waals surface area contributed by atoms with Gasteiger partial charge in [0.2, 0.25) is 0 Å². The number of nitrogens with one attached hydrogen (secondary N) is 1. The number of nitro benzene ring substituents is 2. The number of non-ortho nitro benzene ring substituents is 2. The maximum Gasteiger partial charge on any atom is 0.277 e. The molecule has 0 radical (unpaired) electrons. The van der Waals surface area contributed by atoms with E-state index in [-0.39, 0.29) is 5.56 Å². The Morgan fingerprint density at radius 3 is 2.28 bits per heavy atom. The Hall–Kier alpha value is -3.20. The lowest BCUT2D eigenvalue weighted by Crippen LogP contribution is -2.41. The number of carbonyl (C=O) groups is 1. The van der Waals surface area contributed by atoms with Crippen LogP contribution in [0.15, 0.2) is 23.3 Å². The average molecular weight is 348 g/mol. The third kappa shape index (κ3) is 4.64. The Labute approximate surface area is 141 Å². The maximum absolute atomic E-state index is 12.4. The van der Waals surface area contributed by atoms with Crippen LogP contribution in [0.1, 0.15) is 42.5 Å². The summed E-state index contributed by atoms with van der Waals surface area (Å²) >= 11 is 0. The summed E-state index contributed by atoms with van der Waals surface area (Å²) in [4.78, 5) is 35.5. The van der Waals surface area contributed by atoms with Gasteiger partial charge in [-0.3, -0.25) is 25.0 Å². The molecule has 2 rings (SSSR count). The van der Waals surface area contributed by atoms with E-state index in [9.17, 15) is 25.0 Å². The standard InChI is InChI=1S/C14H16N6O5/c15-18-17-13-5-3-1-2-4-12(13)16-14(21)9-6-10(19(22)23)8-11(7-9)20(24)25/h6-8,12-13H,1-5H2,(H,16,21)/t12-,13-/m0/s1. The molecule has 1 saturated carbocycles. The van der Waals surface area contributed by atoms with Crippen LogP contribution < -0.4 is 5.32 Å². The van der Waals surface area contributed by atoms with Gasteiger partial charge in [0.05, 0.1) is 27.5 Å². The van der Waals surface area contributed by atoms with E-state index in [0.717, 1.165) is 37.5 Å². The van der Waals surface area contributed by atoms with Gasteiger partial charge in [0, 0.05) is 23.1 Å². The number of nitrogens with zero attached hydrogens (tertiary/aromatic N) is 5. The van der Waals surface area contributed by atoms with Crippen molar-refractivity contribution in [2.24, 2.45) is 5.11 Å². The van der Waals surface area contributed by atoms with E-state index >= 15 is 0 Å². The Morgan fingerprint density at radius 1 is 1.12 bits per heavy atom. The summed E-state index contributed by atoms with van der Waals surface area (Å²) in [6.07, 6.45) is 3.90. The zero-order chi connectivity index (χ0) is 18.4. The molecule has 0 heterocycles. The molecule has 132 valence electrons. The van der Waals surface area contributed by atoms with Crippen molar-refractivity contribution < 1.29 is 14.6 Å². The molecule has 11 nitrogen and oxygen atoms in total. The molecule has 1 aromatic rings. The Kier molecular flexibility index (Phi) is 5.85. The van der Waals surface area contributed by atoms with Gasteiger partial charge in [0.25, 0.3) is 17.3 Å². The number of benzene rings is 1. The summed E-state index contributed by atoms with van der Waals surface area (Å²) in [6.45, 7) is 0. The number of azide groups is 1. The Morgan fingerprint density at radius 2 is 1.72 bits per heavy atom. The molecule has 0 bridgehead atoms. The van der Waals surface area contributed by atoms with Gasteiger partial charge in [0.15, 0.2) is 0 Å². The summed E-state index contributed by atoms with van der Waals surface area (Å²) in [6, 6.07) is 1.95. The van der Waals surface area contributed by atoms with Crippen molar-refractivity contribution >= 4 is 17.3 Å². The summed E-state index contributed by atoms with van der Waals surface area (Å²) in [5.41, 5.74) is 7.42. The molecule has 1 aromatic carbocycles. The van der Waals surface area contributed by atoms with Gasteiger partial charge in [-0.15, -0.1) is 0 Å². The SMILES string of the molecule is [N-]=[N+]=N[C@H]1CCCCC[C@@H]1NC(=O)c1cc([N+](=O)[O-])cc([N+](=O)[O-])c1. The van der Waals surface area contributed by atoms with Crippen LogP contribution in [0.4, 0.5) is 11.4 Å². The minimum Gasteiger partial charge on any atom is -0.349 e. The fourth-order valence-corrected chi connectivity index (χ4v) is 2.85. The predicted molar refractivity (Wildman–Crippen MR) is 87.0 cm³/mol. The van der Waals surface area contributed by atoms with Crippen LogP contribution in [0.5, 0.6) is 0 Å². The summed E-state index contributed by atoms with van der Waals surface area (Å²) in [5.74, 6) is -0.670. The molecular formula is C14H16N6O5. The van der Waals surface area contributed by atoms with Crippen molar-refractivity contribution in [3.05, 3.63) is 54.4 Å². The smallest absolute Gasteiger partial charge is 0.277 e. The molecular weight excluding hydrogens is 332 g/mol. The van der Waals surface area contributed by atoms with Gasteiger partial charge in [-0.05, 0) is 18.4 Å². The highest BCUT2D eigenvalue weighted by molar-refractivity contribution is 5.95. The van der Waals surface area contributed by atoms with E-state index in [1.165, 1.54) is 0 Å². The van der Waals surface area contributed by atoms with Crippen LogP contribution in [-0.2, 0) is 0 Å². The fraction of sp³-hybridized carbons (Fsp3) is 0.500. The number of hydrogen-bond donors (Lipinski definition) is 1. The van der Waals surface area contributed by atoms with Gasteiger partial charge in [-0.25, -0.2) is 0 Å². The number of amides is 1. The second-order valence-electron chi connectivity index (χ2n) is 5.74. The van der Waals surface area contributed by atoms with Crippen LogP contribution in [0.3, 0.4) is 0 Å². The van der Waals surface area contributed by atoms with E-state index in [1.54, 1.807) is 0 Å². The summed E-state index contributed by atoms with van der Waals surface area (Å²) < 4.78 is 0. The first-order valence-corrected chi connectivity index (χ1v) is 7.71. The quantitative estimate of drug-likeness (QED) is 0.215. The predicted octanol–water partition coefficient (Wildman–Crippen LogP) is 3.24. The van der Waals surface area contributed by atoms with Crippen molar-refractivity contribution in [1.29, 1.82) is 0 Å². The molecule has 0 spiro atoms. The average Bonchev–Trinajstić information content (AvgIpc) is 2.80.